The van der Waals surface area contributed by atoms with Crippen LogP contribution in [-0.4, -0.2) is 15.9 Å². The average Bonchev–Trinajstić information content (AvgIpc) is 2.32. The van der Waals surface area contributed by atoms with E-state index < -0.39 is 0 Å². The summed E-state index contributed by atoms with van der Waals surface area (Å²) in [6.45, 7) is 1.79. The average molecular weight is 263 g/mol. The molecule has 0 aliphatic carbocycles. The Bertz CT molecular complexity index is 600. The Labute approximate surface area is 109 Å². The third kappa shape index (κ3) is 2.57. The van der Waals surface area contributed by atoms with Gasteiger partial charge in [0.05, 0.1) is 0 Å². The predicted octanol–water partition coefficient (Wildman–Crippen LogP) is 2.27. The molecule has 5 nitrogen and oxygen atoms in total. The van der Waals surface area contributed by atoms with Crippen LogP contribution >= 0.6 is 11.6 Å². The number of nitrogens with two attached hydrogens (primary N) is 1. The first kappa shape index (κ1) is 12.3. The van der Waals surface area contributed by atoms with E-state index in [-0.39, 0.29) is 11.2 Å². The van der Waals surface area contributed by atoms with E-state index in [2.05, 4.69) is 15.3 Å². The normalized spacial score (nSPS) is 10.1. The van der Waals surface area contributed by atoms with Crippen LogP contribution in [0.15, 0.2) is 30.5 Å². The van der Waals surface area contributed by atoms with Crippen molar-refractivity contribution in [1.29, 1.82) is 0 Å². The van der Waals surface area contributed by atoms with E-state index in [9.17, 15) is 4.79 Å². The number of nitrogen functional groups attached to an aromatic ring is 1. The van der Waals surface area contributed by atoms with Crippen LogP contribution in [0.1, 0.15) is 15.9 Å². The van der Waals surface area contributed by atoms with Crippen LogP contribution in [0.5, 0.6) is 0 Å². The van der Waals surface area contributed by atoms with E-state index in [1.54, 1.807) is 31.2 Å². The molecule has 0 bridgehead atoms. The highest BCUT2D eigenvalue weighted by Crippen LogP contribution is 2.17. The molecule has 1 amide bonds. The zero-order valence-electron chi connectivity index (χ0n) is 9.64. The third-order valence-electron chi connectivity index (χ3n) is 2.49. The largest absolute Gasteiger partial charge is 0.398 e. The molecule has 92 valence electrons. The lowest BCUT2D eigenvalue weighted by atomic mass is 10.1. The molecule has 18 heavy (non-hydrogen) atoms. The van der Waals surface area contributed by atoms with E-state index >= 15 is 0 Å². The van der Waals surface area contributed by atoms with Crippen LogP contribution in [0.25, 0.3) is 0 Å². The van der Waals surface area contributed by atoms with Crippen molar-refractivity contribution in [3.63, 3.8) is 0 Å². The summed E-state index contributed by atoms with van der Waals surface area (Å²) in [7, 11) is 0. The highest BCUT2D eigenvalue weighted by Gasteiger charge is 2.11. The summed E-state index contributed by atoms with van der Waals surface area (Å²) in [5.74, 6) is 0.0661. The summed E-state index contributed by atoms with van der Waals surface area (Å²) in [5.41, 5.74) is 7.56. The number of hydrogen-bond acceptors (Lipinski definition) is 4. The lowest BCUT2D eigenvalue weighted by molar-refractivity contribution is 0.102. The third-order valence-corrected chi connectivity index (χ3v) is 2.67. The Kier molecular flexibility index (Phi) is 3.43. The predicted molar refractivity (Wildman–Crippen MR) is 70.6 cm³/mol. The first-order chi connectivity index (χ1) is 8.58. The minimum atomic E-state index is -0.283. The minimum Gasteiger partial charge on any atom is -0.398 e. The second kappa shape index (κ2) is 5.01. The second-order valence-electron chi connectivity index (χ2n) is 3.68. The SMILES string of the molecule is Cc1c(N)cccc1C(=O)Nc1ccnc(Cl)n1. The van der Waals surface area contributed by atoms with Gasteiger partial charge in [-0.3, -0.25) is 4.79 Å². The first-order valence-corrected chi connectivity index (χ1v) is 5.60. The monoisotopic (exact) mass is 262 g/mol. The van der Waals surface area contributed by atoms with E-state index in [0.717, 1.165) is 5.56 Å². The van der Waals surface area contributed by atoms with Gasteiger partial charge in [-0.15, -0.1) is 0 Å². The van der Waals surface area contributed by atoms with Crippen LogP contribution in [0.3, 0.4) is 0 Å². The van der Waals surface area contributed by atoms with Crippen molar-refractivity contribution >= 4 is 29.0 Å². The van der Waals surface area contributed by atoms with Crippen molar-refractivity contribution in [3.05, 3.63) is 46.9 Å². The number of carbonyl (C=O) groups excluding carboxylic acids is 1. The van der Waals surface area contributed by atoms with Gasteiger partial charge in [0.1, 0.15) is 5.82 Å². The van der Waals surface area contributed by atoms with Crippen LogP contribution in [0, 0.1) is 6.92 Å². The molecule has 3 N–H and O–H groups in total. The van der Waals surface area contributed by atoms with Gasteiger partial charge in [0.25, 0.3) is 5.91 Å². The molecule has 1 aromatic heterocycles. The van der Waals surface area contributed by atoms with Gasteiger partial charge in [-0.25, -0.2) is 9.97 Å². The van der Waals surface area contributed by atoms with Gasteiger partial charge in [0, 0.05) is 17.4 Å². The summed E-state index contributed by atoms with van der Waals surface area (Å²) in [4.78, 5) is 19.6. The molecule has 0 saturated carbocycles. The van der Waals surface area contributed by atoms with E-state index in [4.69, 9.17) is 17.3 Å². The van der Waals surface area contributed by atoms with Crippen molar-refractivity contribution in [3.8, 4) is 0 Å². The molecule has 0 spiro atoms. The van der Waals surface area contributed by atoms with Gasteiger partial charge < -0.3 is 11.1 Å². The van der Waals surface area contributed by atoms with Crippen molar-refractivity contribution in [2.24, 2.45) is 0 Å². The number of amides is 1. The summed E-state index contributed by atoms with van der Waals surface area (Å²) >= 11 is 5.64. The molecule has 0 unspecified atom stereocenters. The summed E-state index contributed by atoms with van der Waals surface area (Å²) in [6, 6.07) is 6.73. The summed E-state index contributed by atoms with van der Waals surface area (Å²) in [5, 5.41) is 2.72. The van der Waals surface area contributed by atoms with Crippen LogP contribution in [-0.2, 0) is 0 Å². The Balaban J connectivity index is 2.25. The fourth-order valence-electron chi connectivity index (χ4n) is 1.49. The molecule has 0 fully saturated rings. The molecule has 0 atom stereocenters. The lowest BCUT2D eigenvalue weighted by Gasteiger charge is -2.08. The minimum absolute atomic E-state index is 0.0806. The van der Waals surface area contributed by atoms with Gasteiger partial charge in [0.15, 0.2) is 0 Å². The van der Waals surface area contributed by atoms with E-state index in [1.807, 2.05) is 0 Å². The van der Waals surface area contributed by atoms with Crippen molar-refractivity contribution in [2.75, 3.05) is 11.1 Å². The molecule has 0 aliphatic rings. The van der Waals surface area contributed by atoms with E-state index in [0.29, 0.717) is 17.1 Å². The molecule has 1 aromatic carbocycles. The van der Waals surface area contributed by atoms with Crippen LogP contribution < -0.4 is 11.1 Å². The van der Waals surface area contributed by atoms with E-state index in [1.165, 1.54) is 6.20 Å². The van der Waals surface area contributed by atoms with Crippen molar-refractivity contribution < 1.29 is 4.79 Å². The molecule has 0 radical (unpaired) electrons. The van der Waals surface area contributed by atoms with Gasteiger partial charge >= 0.3 is 0 Å². The molecule has 2 rings (SSSR count). The van der Waals surface area contributed by atoms with Crippen LogP contribution in [0.4, 0.5) is 11.5 Å². The fourth-order valence-corrected chi connectivity index (χ4v) is 1.64. The Morgan fingerprint density at radius 1 is 1.39 bits per heavy atom. The number of nitrogens with zero attached hydrogens (tertiary/aromatic N) is 2. The van der Waals surface area contributed by atoms with Gasteiger partial charge in [-0.2, -0.15) is 0 Å². The molecule has 6 heteroatoms. The van der Waals surface area contributed by atoms with Gasteiger partial charge in [-0.05, 0) is 42.3 Å². The van der Waals surface area contributed by atoms with Crippen LogP contribution in [0.2, 0.25) is 5.28 Å². The quantitative estimate of drug-likeness (QED) is 0.643. The number of hydrogen-bond donors (Lipinski definition) is 2. The maximum absolute atomic E-state index is 12.0. The second-order valence-corrected chi connectivity index (χ2v) is 4.02. The molecule has 1 heterocycles. The zero-order chi connectivity index (χ0) is 13.1. The number of carbonyl (C=O) groups is 1. The fraction of sp³-hybridized carbons (Fsp3) is 0.0833. The van der Waals surface area contributed by atoms with Gasteiger partial charge in [-0.1, -0.05) is 6.07 Å². The first-order valence-electron chi connectivity index (χ1n) is 5.23. The standard InChI is InChI=1S/C12H11ClN4O/c1-7-8(3-2-4-9(7)14)11(18)16-10-5-6-15-12(13)17-10/h2-6H,14H2,1H3,(H,15,16,17,18). The Morgan fingerprint density at radius 2 is 2.17 bits per heavy atom. The number of rotatable bonds is 2. The summed E-state index contributed by atoms with van der Waals surface area (Å²) < 4.78 is 0. The highest BCUT2D eigenvalue weighted by atomic mass is 35.5. The topological polar surface area (TPSA) is 80.9 Å². The highest BCUT2D eigenvalue weighted by molar-refractivity contribution is 6.28. The number of benzene rings is 1. The molecular formula is C12H11ClN4O. The number of aromatic nitrogens is 2. The molecule has 2 aromatic rings. The molecule has 0 saturated heterocycles. The smallest absolute Gasteiger partial charge is 0.257 e. The number of anilines is 2. The summed E-state index contributed by atoms with van der Waals surface area (Å²) in [6.07, 6.45) is 1.47. The molecular weight excluding hydrogens is 252 g/mol. The van der Waals surface area contributed by atoms with Gasteiger partial charge in [0.2, 0.25) is 5.28 Å². The maximum Gasteiger partial charge on any atom is 0.257 e. The Hall–Kier alpha value is -2.14. The zero-order valence-corrected chi connectivity index (χ0v) is 10.4. The Morgan fingerprint density at radius 3 is 2.89 bits per heavy atom. The van der Waals surface area contributed by atoms with Crippen molar-refractivity contribution in [1.82, 2.24) is 9.97 Å². The maximum atomic E-state index is 12.0. The van der Waals surface area contributed by atoms with Crippen molar-refractivity contribution in [2.45, 2.75) is 6.92 Å². The molecule has 0 aliphatic heterocycles. The number of nitrogens with one attached hydrogen (secondary N) is 1. The lowest BCUT2D eigenvalue weighted by Crippen LogP contribution is -2.15. The number of halogens is 1.